The van der Waals surface area contributed by atoms with Gasteiger partial charge < -0.3 is 9.47 Å². The van der Waals surface area contributed by atoms with Crippen LogP contribution in [-0.2, 0) is 0 Å². The highest BCUT2D eigenvalue weighted by molar-refractivity contribution is 9.10. The molecule has 22 heavy (non-hydrogen) atoms. The van der Waals surface area contributed by atoms with Crippen LogP contribution in [0.5, 0.6) is 11.5 Å². The summed E-state index contributed by atoms with van der Waals surface area (Å²) in [7, 11) is 0. The molecule has 114 valence electrons. The fourth-order valence-electron chi connectivity index (χ4n) is 2.69. The molecule has 0 atom stereocenters. The van der Waals surface area contributed by atoms with E-state index in [1.165, 1.54) is 0 Å². The number of fused-ring (bicyclic) bond motifs is 2. The van der Waals surface area contributed by atoms with Crippen molar-refractivity contribution in [3.8, 4) is 11.5 Å². The lowest BCUT2D eigenvalue weighted by Crippen LogP contribution is -1.98. The van der Waals surface area contributed by atoms with Crippen molar-refractivity contribution in [2.75, 3.05) is 13.2 Å². The molecule has 0 N–H and O–H groups in total. The second-order valence-electron chi connectivity index (χ2n) is 4.90. The highest BCUT2D eigenvalue weighted by atomic mass is 79.9. The summed E-state index contributed by atoms with van der Waals surface area (Å²) in [5, 5.41) is 4.27. The number of hydrogen-bond donors (Lipinski definition) is 0. The second-order valence-corrected chi connectivity index (χ2v) is 6.74. The van der Waals surface area contributed by atoms with E-state index in [0.717, 1.165) is 42.0 Å². The first-order valence-corrected chi connectivity index (χ1v) is 8.84. The largest absolute Gasteiger partial charge is 0.493 e. The zero-order chi connectivity index (χ0) is 15.7. The van der Waals surface area contributed by atoms with Crippen molar-refractivity contribution in [1.82, 2.24) is 0 Å². The zero-order valence-electron chi connectivity index (χ0n) is 12.5. The number of halogens is 2. The van der Waals surface area contributed by atoms with Gasteiger partial charge in [0.05, 0.1) is 13.2 Å². The number of benzene rings is 3. The number of ether oxygens (including phenoxy) is 2. The van der Waals surface area contributed by atoms with Crippen LogP contribution < -0.4 is 9.47 Å². The Hall–Kier alpha value is -1.26. The van der Waals surface area contributed by atoms with Gasteiger partial charge in [-0.25, -0.2) is 0 Å². The molecule has 2 nitrogen and oxygen atoms in total. The van der Waals surface area contributed by atoms with Crippen LogP contribution in [-0.4, -0.2) is 13.2 Å². The van der Waals surface area contributed by atoms with Crippen molar-refractivity contribution in [3.63, 3.8) is 0 Å². The molecule has 0 aromatic heterocycles. The van der Waals surface area contributed by atoms with Gasteiger partial charge in [0, 0.05) is 30.5 Å². The van der Waals surface area contributed by atoms with Crippen molar-refractivity contribution in [2.24, 2.45) is 0 Å². The van der Waals surface area contributed by atoms with Crippen molar-refractivity contribution in [1.29, 1.82) is 0 Å². The van der Waals surface area contributed by atoms with E-state index in [1.54, 1.807) is 0 Å². The summed E-state index contributed by atoms with van der Waals surface area (Å²) in [5.74, 6) is 1.81. The Balaban J connectivity index is 2.51. The molecule has 3 aromatic carbocycles. The molecule has 0 saturated heterocycles. The Morgan fingerprint density at radius 3 is 1.45 bits per heavy atom. The van der Waals surface area contributed by atoms with Crippen LogP contribution in [0.15, 0.2) is 45.3 Å². The van der Waals surface area contributed by atoms with Crippen LogP contribution in [0.1, 0.15) is 13.8 Å². The number of hydrogen-bond acceptors (Lipinski definition) is 2. The smallest absolute Gasteiger partial charge is 0.135 e. The van der Waals surface area contributed by atoms with E-state index >= 15 is 0 Å². The average Bonchev–Trinajstić information content (AvgIpc) is 2.50. The summed E-state index contributed by atoms with van der Waals surface area (Å²) in [4.78, 5) is 0. The molecule has 3 aromatic rings. The highest BCUT2D eigenvalue weighted by Crippen LogP contribution is 2.44. The minimum absolute atomic E-state index is 0.626. The van der Waals surface area contributed by atoms with Crippen molar-refractivity contribution in [3.05, 3.63) is 45.3 Å². The van der Waals surface area contributed by atoms with E-state index < -0.39 is 0 Å². The van der Waals surface area contributed by atoms with Gasteiger partial charge in [0.25, 0.3) is 0 Å². The topological polar surface area (TPSA) is 18.5 Å². The van der Waals surface area contributed by atoms with Gasteiger partial charge in [-0.1, -0.05) is 31.9 Å². The lowest BCUT2D eigenvalue weighted by molar-refractivity contribution is 0.342. The van der Waals surface area contributed by atoms with Gasteiger partial charge >= 0.3 is 0 Å². The Morgan fingerprint density at radius 2 is 1.09 bits per heavy atom. The van der Waals surface area contributed by atoms with Gasteiger partial charge in [-0.15, -0.1) is 0 Å². The van der Waals surface area contributed by atoms with Gasteiger partial charge in [-0.05, 0) is 50.2 Å². The number of rotatable bonds is 4. The lowest BCUT2D eigenvalue weighted by Gasteiger charge is -2.17. The average molecular weight is 424 g/mol. The SMILES string of the molecule is CCOc1c2ccc(Br)cc2c(OCC)c2ccc(Br)cc12. The third-order valence-corrected chi connectivity index (χ3v) is 4.51. The van der Waals surface area contributed by atoms with Crippen LogP contribution >= 0.6 is 31.9 Å². The van der Waals surface area contributed by atoms with Crippen LogP contribution in [0.2, 0.25) is 0 Å². The molecule has 0 unspecified atom stereocenters. The van der Waals surface area contributed by atoms with Crippen molar-refractivity contribution in [2.45, 2.75) is 13.8 Å². The second kappa shape index (κ2) is 6.47. The minimum atomic E-state index is 0.626. The van der Waals surface area contributed by atoms with Crippen LogP contribution in [0.4, 0.5) is 0 Å². The molecule has 3 rings (SSSR count). The first-order valence-electron chi connectivity index (χ1n) is 7.25. The van der Waals surface area contributed by atoms with Crippen molar-refractivity contribution < 1.29 is 9.47 Å². The van der Waals surface area contributed by atoms with E-state index in [1.807, 2.05) is 26.0 Å². The van der Waals surface area contributed by atoms with Gasteiger partial charge in [-0.2, -0.15) is 0 Å². The molecule has 0 bridgehead atoms. The van der Waals surface area contributed by atoms with Gasteiger partial charge in [0.1, 0.15) is 11.5 Å². The molecule has 0 radical (unpaired) electrons. The molecule has 0 spiro atoms. The van der Waals surface area contributed by atoms with Crippen LogP contribution in [0.3, 0.4) is 0 Å². The normalized spacial score (nSPS) is 11.1. The molecule has 0 aliphatic carbocycles. The van der Waals surface area contributed by atoms with Crippen LogP contribution in [0, 0.1) is 0 Å². The van der Waals surface area contributed by atoms with Gasteiger partial charge in [0.15, 0.2) is 0 Å². The summed E-state index contributed by atoms with van der Waals surface area (Å²) in [6.07, 6.45) is 0. The fraction of sp³-hybridized carbons (Fsp3) is 0.222. The van der Waals surface area contributed by atoms with E-state index in [4.69, 9.17) is 9.47 Å². The Labute approximate surface area is 146 Å². The van der Waals surface area contributed by atoms with E-state index in [-0.39, 0.29) is 0 Å². The molecule has 0 amide bonds. The molecule has 0 heterocycles. The molecular formula is C18H16Br2O2. The maximum atomic E-state index is 5.97. The lowest BCUT2D eigenvalue weighted by atomic mass is 10.0. The Morgan fingerprint density at radius 1 is 0.682 bits per heavy atom. The maximum absolute atomic E-state index is 5.97. The molecule has 0 aliphatic rings. The van der Waals surface area contributed by atoms with Gasteiger partial charge in [0.2, 0.25) is 0 Å². The third kappa shape index (κ3) is 2.70. The maximum Gasteiger partial charge on any atom is 0.135 e. The first kappa shape index (κ1) is 15.6. The molecule has 4 heteroatoms. The van der Waals surface area contributed by atoms with Gasteiger partial charge in [-0.3, -0.25) is 0 Å². The first-order chi connectivity index (χ1) is 10.7. The summed E-state index contributed by atoms with van der Waals surface area (Å²) in [6.45, 7) is 5.26. The molecular weight excluding hydrogens is 408 g/mol. The van der Waals surface area contributed by atoms with E-state index in [2.05, 4.69) is 56.1 Å². The quantitative estimate of drug-likeness (QED) is 0.457. The van der Waals surface area contributed by atoms with E-state index in [0.29, 0.717) is 13.2 Å². The predicted octanol–water partition coefficient (Wildman–Crippen LogP) is 6.32. The third-order valence-electron chi connectivity index (χ3n) is 3.52. The summed E-state index contributed by atoms with van der Waals surface area (Å²) >= 11 is 7.11. The summed E-state index contributed by atoms with van der Waals surface area (Å²) in [5.41, 5.74) is 0. The van der Waals surface area contributed by atoms with Crippen LogP contribution in [0.25, 0.3) is 21.5 Å². The predicted molar refractivity (Wildman–Crippen MR) is 99.2 cm³/mol. The Bertz CT molecular complexity index is 772. The monoisotopic (exact) mass is 422 g/mol. The molecule has 0 fully saturated rings. The summed E-state index contributed by atoms with van der Waals surface area (Å²) in [6, 6.07) is 12.4. The summed E-state index contributed by atoms with van der Waals surface area (Å²) < 4.78 is 14.0. The fourth-order valence-corrected chi connectivity index (χ4v) is 3.42. The highest BCUT2D eigenvalue weighted by Gasteiger charge is 2.16. The zero-order valence-corrected chi connectivity index (χ0v) is 15.6. The van der Waals surface area contributed by atoms with E-state index in [9.17, 15) is 0 Å². The van der Waals surface area contributed by atoms with Crippen molar-refractivity contribution >= 4 is 53.4 Å². The standard InChI is InChI=1S/C18H16Br2O2/c1-3-21-17-13-7-5-12(20)10-16(13)18(22-4-2)14-8-6-11(19)9-15(14)17/h5-10H,3-4H2,1-2H3. The minimum Gasteiger partial charge on any atom is -0.493 e. The molecule has 0 saturated carbocycles. The molecule has 0 aliphatic heterocycles. The Kier molecular flexibility index (Phi) is 4.59.